The van der Waals surface area contributed by atoms with E-state index in [1.807, 2.05) is 35.1 Å². The number of fused-ring (bicyclic) bond motifs is 1. The molecule has 0 fully saturated rings. The van der Waals surface area contributed by atoms with Crippen molar-refractivity contribution in [2.24, 2.45) is 0 Å². The molecule has 15 heavy (non-hydrogen) atoms. The molecule has 76 valence electrons. The van der Waals surface area contributed by atoms with Crippen LogP contribution in [-0.4, -0.2) is 16.3 Å². The Morgan fingerprint density at radius 2 is 2.33 bits per heavy atom. The molecule has 0 bridgehead atoms. The summed E-state index contributed by atoms with van der Waals surface area (Å²) in [5.41, 5.74) is 2.27. The summed E-state index contributed by atoms with van der Waals surface area (Å²) < 4.78 is 1.90. The molecule has 0 spiro atoms. The van der Waals surface area contributed by atoms with Crippen LogP contribution >= 0.6 is 11.6 Å². The van der Waals surface area contributed by atoms with Gasteiger partial charge in [-0.2, -0.15) is 5.10 Å². The van der Waals surface area contributed by atoms with Gasteiger partial charge in [-0.25, -0.2) is 4.68 Å². The van der Waals surface area contributed by atoms with Crippen LogP contribution in [0.1, 0.15) is 5.56 Å². The SMILES string of the molecule is Clc1cccc(-n2ncc3c2NCC3)c1. The fraction of sp³-hybridized carbons (Fsp3) is 0.182. The summed E-state index contributed by atoms with van der Waals surface area (Å²) in [6.07, 6.45) is 2.96. The van der Waals surface area contributed by atoms with Gasteiger partial charge in [0.1, 0.15) is 5.82 Å². The molecule has 1 N–H and O–H groups in total. The van der Waals surface area contributed by atoms with E-state index in [1.165, 1.54) is 5.56 Å². The van der Waals surface area contributed by atoms with E-state index in [0.717, 1.165) is 29.5 Å². The molecule has 0 saturated carbocycles. The van der Waals surface area contributed by atoms with E-state index in [2.05, 4.69) is 10.4 Å². The Bertz CT molecular complexity index is 504. The van der Waals surface area contributed by atoms with Crippen molar-refractivity contribution in [1.82, 2.24) is 9.78 Å². The number of hydrogen-bond donors (Lipinski definition) is 1. The molecule has 4 heteroatoms. The summed E-state index contributed by atoms with van der Waals surface area (Å²) in [6, 6.07) is 7.71. The summed E-state index contributed by atoms with van der Waals surface area (Å²) in [5, 5.41) is 8.40. The normalized spacial score (nSPS) is 13.7. The van der Waals surface area contributed by atoms with Crippen molar-refractivity contribution in [3.05, 3.63) is 41.0 Å². The molecular weight excluding hydrogens is 210 g/mol. The smallest absolute Gasteiger partial charge is 0.133 e. The minimum Gasteiger partial charge on any atom is -0.369 e. The average Bonchev–Trinajstić information content (AvgIpc) is 2.77. The van der Waals surface area contributed by atoms with Crippen molar-refractivity contribution >= 4 is 17.4 Å². The maximum atomic E-state index is 5.95. The Labute approximate surface area is 92.7 Å². The number of nitrogens with one attached hydrogen (secondary N) is 1. The van der Waals surface area contributed by atoms with Gasteiger partial charge in [-0.1, -0.05) is 17.7 Å². The molecule has 0 radical (unpaired) electrons. The molecule has 0 amide bonds. The van der Waals surface area contributed by atoms with Crippen molar-refractivity contribution in [2.75, 3.05) is 11.9 Å². The lowest BCUT2D eigenvalue weighted by Gasteiger charge is -2.06. The topological polar surface area (TPSA) is 29.9 Å². The van der Waals surface area contributed by atoms with Gasteiger partial charge in [-0.05, 0) is 24.6 Å². The van der Waals surface area contributed by atoms with Gasteiger partial charge in [0, 0.05) is 17.1 Å². The molecule has 1 aromatic carbocycles. The Morgan fingerprint density at radius 3 is 3.20 bits per heavy atom. The van der Waals surface area contributed by atoms with Crippen molar-refractivity contribution in [3.63, 3.8) is 0 Å². The molecule has 0 saturated heterocycles. The monoisotopic (exact) mass is 219 g/mol. The molecule has 1 aromatic heterocycles. The summed E-state index contributed by atoms with van der Waals surface area (Å²) in [7, 11) is 0. The third-order valence-electron chi connectivity index (χ3n) is 2.58. The Kier molecular flexibility index (Phi) is 1.92. The molecule has 1 aliphatic heterocycles. The van der Waals surface area contributed by atoms with Crippen LogP contribution in [0, 0.1) is 0 Å². The first-order chi connectivity index (χ1) is 7.34. The van der Waals surface area contributed by atoms with Gasteiger partial charge in [-0.15, -0.1) is 0 Å². The zero-order valence-electron chi connectivity index (χ0n) is 8.07. The maximum Gasteiger partial charge on any atom is 0.133 e. The highest BCUT2D eigenvalue weighted by Gasteiger charge is 2.16. The van der Waals surface area contributed by atoms with E-state index >= 15 is 0 Å². The second-order valence-electron chi connectivity index (χ2n) is 3.59. The number of rotatable bonds is 1. The van der Waals surface area contributed by atoms with E-state index in [1.54, 1.807) is 0 Å². The summed E-state index contributed by atoms with van der Waals surface area (Å²) in [6.45, 7) is 0.994. The number of benzene rings is 1. The molecule has 2 aromatic rings. The van der Waals surface area contributed by atoms with Crippen molar-refractivity contribution < 1.29 is 0 Å². The van der Waals surface area contributed by atoms with Crippen LogP contribution in [0.4, 0.5) is 5.82 Å². The first kappa shape index (κ1) is 8.80. The molecule has 2 heterocycles. The highest BCUT2D eigenvalue weighted by atomic mass is 35.5. The van der Waals surface area contributed by atoms with Crippen LogP contribution in [0.2, 0.25) is 5.02 Å². The second-order valence-corrected chi connectivity index (χ2v) is 4.02. The van der Waals surface area contributed by atoms with Crippen LogP contribution in [0.5, 0.6) is 0 Å². The standard InChI is InChI=1S/C11H10ClN3/c12-9-2-1-3-10(6-9)15-11-8(7-14-15)4-5-13-11/h1-3,6-7,13H,4-5H2. The maximum absolute atomic E-state index is 5.95. The fourth-order valence-electron chi connectivity index (χ4n) is 1.87. The van der Waals surface area contributed by atoms with Crippen LogP contribution in [0.25, 0.3) is 5.69 Å². The molecule has 0 aliphatic carbocycles. The van der Waals surface area contributed by atoms with E-state index in [0.29, 0.717) is 0 Å². The minimum atomic E-state index is 0.731. The van der Waals surface area contributed by atoms with Crippen molar-refractivity contribution in [3.8, 4) is 5.69 Å². The van der Waals surface area contributed by atoms with Crippen LogP contribution < -0.4 is 5.32 Å². The highest BCUT2D eigenvalue weighted by molar-refractivity contribution is 6.30. The number of aromatic nitrogens is 2. The first-order valence-electron chi connectivity index (χ1n) is 4.91. The summed E-state index contributed by atoms with van der Waals surface area (Å²) in [4.78, 5) is 0. The zero-order valence-corrected chi connectivity index (χ0v) is 8.83. The lowest BCUT2D eigenvalue weighted by atomic mass is 10.3. The zero-order chi connectivity index (χ0) is 10.3. The van der Waals surface area contributed by atoms with E-state index in [9.17, 15) is 0 Å². The van der Waals surface area contributed by atoms with Crippen molar-refractivity contribution in [1.29, 1.82) is 0 Å². The number of halogens is 1. The molecule has 3 rings (SSSR count). The van der Waals surface area contributed by atoms with E-state index in [4.69, 9.17) is 11.6 Å². The van der Waals surface area contributed by atoms with Gasteiger partial charge in [0.2, 0.25) is 0 Å². The summed E-state index contributed by atoms with van der Waals surface area (Å²) >= 11 is 5.95. The molecular formula is C11H10ClN3. The fourth-order valence-corrected chi connectivity index (χ4v) is 2.06. The van der Waals surface area contributed by atoms with Gasteiger partial charge >= 0.3 is 0 Å². The average molecular weight is 220 g/mol. The summed E-state index contributed by atoms with van der Waals surface area (Å²) in [5.74, 6) is 1.09. The molecule has 3 nitrogen and oxygen atoms in total. The highest BCUT2D eigenvalue weighted by Crippen LogP contribution is 2.25. The van der Waals surface area contributed by atoms with Gasteiger partial charge in [0.05, 0.1) is 11.9 Å². The molecule has 0 unspecified atom stereocenters. The van der Waals surface area contributed by atoms with Crippen LogP contribution in [0.3, 0.4) is 0 Å². The Balaban J connectivity index is 2.13. The number of nitrogens with zero attached hydrogens (tertiary/aromatic N) is 2. The number of hydrogen-bond acceptors (Lipinski definition) is 2. The second kappa shape index (κ2) is 3.28. The van der Waals surface area contributed by atoms with Gasteiger partial charge < -0.3 is 5.32 Å². The van der Waals surface area contributed by atoms with Gasteiger partial charge in [0.15, 0.2) is 0 Å². The lowest BCUT2D eigenvalue weighted by Crippen LogP contribution is -2.03. The minimum absolute atomic E-state index is 0.731. The van der Waals surface area contributed by atoms with Gasteiger partial charge in [0.25, 0.3) is 0 Å². The first-order valence-corrected chi connectivity index (χ1v) is 5.29. The largest absolute Gasteiger partial charge is 0.369 e. The molecule has 0 atom stereocenters. The molecule has 1 aliphatic rings. The third kappa shape index (κ3) is 1.39. The lowest BCUT2D eigenvalue weighted by molar-refractivity contribution is 0.878. The predicted octanol–water partition coefficient (Wildman–Crippen LogP) is 2.49. The number of anilines is 1. The van der Waals surface area contributed by atoms with Crippen LogP contribution in [-0.2, 0) is 6.42 Å². The Hall–Kier alpha value is -1.48. The Morgan fingerprint density at radius 1 is 1.40 bits per heavy atom. The van der Waals surface area contributed by atoms with Crippen molar-refractivity contribution in [2.45, 2.75) is 6.42 Å². The quantitative estimate of drug-likeness (QED) is 0.799. The van der Waals surface area contributed by atoms with Gasteiger partial charge in [-0.3, -0.25) is 0 Å². The van der Waals surface area contributed by atoms with Crippen LogP contribution in [0.15, 0.2) is 30.5 Å². The van der Waals surface area contributed by atoms with E-state index < -0.39 is 0 Å². The third-order valence-corrected chi connectivity index (χ3v) is 2.82. The van der Waals surface area contributed by atoms with E-state index in [-0.39, 0.29) is 0 Å². The predicted molar refractivity (Wildman–Crippen MR) is 60.8 cm³/mol.